The highest BCUT2D eigenvalue weighted by molar-refractivity contribution is 5.44. The van der Waals surface area contributed by atoms with Crippen molar-refractivity contribution in [3.05, 3.63) is 30.3 Å². The van der Waals surface area contributed by atoms with E-state index in [-0.39, 0.29) is 5.54 Å². The van der Waals surface area contributed by atoms with Gasteiger partial charge in [-0.2, -0.15) is 0 Å². The highest BCUT2D eigenvalue weighted by Crippen LogP contribution is 2.29. The quantitative estimate of drug-likeness (QED) is 0.775. The summed E-state index contributed by atoms with van der Waals surface area (Å²) < 4.78 is 0. The second-order valence-corrected chi connectivity index (χ2v) is 6.11. The minimum atomic E-state index is 0.138. The normalized spacial score (nSPS) is 12.6. The van der Waals surface area contributed by atoms with Crippen molar-refractivity contribution in [3.8, 4) is 0 Å². The lowest BCUT2D eigenvalue weighted by molar-refractivity contribution is 0.302. The van der Waals surface area contributed by atoms with Crippen LogP contribution in [0, 0.1) is 5.41 Å². The Morgan fingerprint density at radius 2 is 1.47 bits per heavy atom. The predicted molar refractivity (Wildman–Crippen MR) is 68.2 cm³/mol. The van der Waals surface area contributed by atoms with Crippen LogP contribution in [0.4, 0.5) is 5.69 Å². The lowest BCUT2D eigenvalue weighted by Gasteiger charge is -2.34. The van der Waals surface area contributed by atoms with Crippen LogP contribution in [0.1, 0.15) is 41.0 Å². The first-order valence-corrected chi connectivity index (χ1v) is 5.62. The summed E-state index contributed by atoms with van der Waals surface area (Å²) in [5, 5.41) is 3.57. The van der Waals surface area contributed by atoms with E-state index in [1.165, 1.54) is 5.69 Å². The summed E-state index contributed by atoms with van der Waals surface area (Å²) in [7, 11) is 0. The Kier molecular flexibility index (Phi) is 3.43. The summed E-state index contributed by atoms with van der Waals surface area (Å²) in [4.78, 5) is 0. The van der Waals surface area contributed by atoms with Gasteiger partial charge in [-0.15, -0.1) is 0 Å². The van der Waals surface area contributed by atoms with Crippen LogP contribution < -0.4 is 5.32 Å². The van der Waals surface area contributed by atoms with Gasteiger partial charge in [0.05, 0.1) is 0 Å². The molecule has 0 spiro atoms. The molecule has 1 heteroatoms. The van der Waals surface area contributed by atoms with Gasteiger partial charge in [0.25, 0.3) is 0 Å². The van der Waals surface area contributed by atoms with Gasteiger partial charge in [-0.1, -0.05) is 39.0 Å². The van der Waals surface area contributed by atoms with Gasteiger partial charge in [0.1, 0.15) is 0 Å². The lowest BCUT2D eigenvalue weighted by atomic mass is 9.81. The van der Waals surface area contributed by atoms with E-state index in [0.717, 1.165) is 6.42 Å². The first-order chi connectivity index (χ1) is 6.79. The minimum absolute atomic E-state index is 0.138. The molecule has 1 rings (SSSR count). The van der Waals surface area contributed by atoms with E-state index >= 15 is 0 Å². The summed E-state index contributed by atoms with van der Waals surface area (Å²) in [5.41, 5.74) is 1.69. The summed E-state index contributed by atoms with van der Waals surface area (Å²) in [6.07, 6.45) is 1.15. The van der Waals surface area contributed by atoms with E-state index in [9.17, 15) is 0 Å². The van der Waals surface area contributed by atoms with Crippen LogP contribution in [0.5, 0.6) is 0 Å². The smallest absolute Gasteiger partial charge is 0.0344 e. The van der Waals surface area contributed by atoms with E-state index in [2.05, 4.69) is 64.2 Å². The molecular weight excluding hydrogens is 182 g/mol. The maximum Gasteiger partial charge on any atom is 0.0344 e. The predicted octanol–water partition coefficient (Wildman–Crippen LogP) is 4.31. The van der Waals surface area contributed by atoms with Crippen molar-refractivity contribution in [2.45, 2.75) is 46.6 Å². The molecule has 0 aliphatic rings. The number of nitrogens with one attached hydrogen (secondary N) is 1. The van der Waals surface area contributed by atoms with Crippen molar-refractivity contribution in [1.82, 2.24) is 0 Å². The maximum absolute atomic E-state index is 3.57. The Balaban J connectivity index is 2.65. The van der Waals surface area contributed by atoms with Crippen LogP contribution in [0.2, 0.25) is 0 Å². The average molecular weight is 205 g/mol. The number of para-hydroxylation sites is 1. The Labute approximate surface area is 93.9 Å². The molecule has 1 aromatic carbocycles. The Morgan fingerprint density at radius 1 is 0.933 bits per heavy atom. The molecule has 0 radical (unpaired) electrons. The number of hydrogen-bond acceptors (Lipinski definition) is 1. The molecule has 1 nitrogen and oxygen atoms in total. The molecule has 0 unspecified atom stereocenters. The largest absolute Gasteiger partial charge is 0.380 e. The van der Waals surface area contributed by atoms with Crippen LogP contribution in [-0.4, -0.2) is 5.54 Å². The van der Waals surface area contributed by atoms with E-state index in [4.69, 9.17) is 0 Å². The zero-order valence-electron chi connectivity index (χ0n) is 10.6. The van der Waals surface area contributed by atoms with Crippen molar-refractivity contribution >= 4 is 5.69 Å². The Hall–Kier alpha value is -0.980. The third-order valence-corrected chi connectivity index (χ3v) is 2.23. The molecule has 84 valence electrons. The molecule has 0 saturated heterocycles. The van der Waals surface area contributed by atoms with Crippen LogP contribution in [0.25, 0.3) is 0 Å². The number of anilines is 1. The van der Waals surface area contributed by atoms with Crippen LogP contribution in [0.15, 0.2) is 30.3 Å². The van der Waals surface area contributed by atoms with Crippen molar-refractivity contribution in [2.24, 2.45) is 5.41 Å². The van der Waals surface area contributed by atoms with Crippen LogP contribution >= 0.6 is 0 Å². The maximum atomic E-state index is 3.57. The van der Waals surface area contributed by atoms with Gasteiger partial charge in [-0.05, 0) is 37.8 Å². The first kappa shape index (κ1) is 12.1. The zero-order chi connectivity index (χ0) is 11.5. The van der Waals surface area contributed by atoms with E-state index < -0.39 is 0 Å². The highest BCUT2D eigenvalue weighted by Gasteiger charge is 2.24. The summed E-state index contributed by atoms with van der Waals surface area (Å²) >= 11 is 0. The molecule has 0 amide bonds. The van der Waals surface area contributed by atoms with Crippen LogP contribution in [-0.2, 0) is 0 Å². The summed E-state index contributed by atoms with van der Waals surface area (Å²) in [5.74, 6) is 0. The lowest BCUT2D eigenvalue weighted by Crippen LogP contribution is -2.35. The fraction of sp³-hybridized carbons (Fsp3) is 0.571. The van der Waals surface area contributed by atoms with Gasteiger partial charge in [0.2, 0.25) is 0 Å². The molecule has 0 aromatic heterocycles. The van der Waals surface area contributed by atoms with Crippen molar-refractivity contribution in [2.75, 3.05) is 5.32 Å². The van der Waals surface area contributed by atoms with Gasteiger partial charge in [-0.25, -0.2) is 0 Å². The molecule has 0 heterocycles. The Bertz CT molecular complexity index is 293. The average Bonchev–Trinajstić information content (AvgIpc) is 1.99. The van der Waals surface area contributed by atoms with Gasteiger partial charge in [0.15, 0.2) is 0 Å². The molecule has 0 aliphatic heterocycles. The van der Waals surface area contributed by atoms with Crippen molar-refractivity contribution in [1.29, 1.82) is 0 Å². The van der Waals surface area contributed by atoms with Gasteiger partial charge < -0.3 is 5.32 Å². The van der Waals surface area contributed by atoms with E-state index in [1.54, 1.807) is 0 Å². The molecule has 0 aliphatic carbocycles. The molecule has 1 N–H and O–H groups in total. The SMILES string of the molecule is CC(C)(C)CC(C)(C)Nc1ccccc1. The number of hydrogen-bond donors (Lipinski definition) is 1. The third kappa shape index (κ3) is 4.87. The fourth-order valence-electron chi connectivity index (χ4n) is 2.28. The van der Waals surface area contributed by atoms with Gasteiger partial charge >= 0.3 is 0 Å². The van der Waals surface area contributed by atoms with E-state index in [1.807, 2.05) is 6.07 Å². The monoisotopic (exact) mass is 205 g/mol. The summed E-state index contributed by atoms with van der Waals surface area (Å²) in [6.45, 7) is 11.3. The molecular formula is C14H23N. The van der Waals surface area contributed by atoms with Gasteiger partial charge in [-0.3, -0.25) is 0 Å². The van der Waals surface area contributed by atoms with Crippen molar-refractivity contribution in [3.63, 3.8) is 0 Å². The van der Waals surface area contributed by atoms with Crippen molar-refractivity contribution < 1.29 is 0 Å². The second kappa shape index (κ2) is 4.26. The third-order valence-electron chi connectivity index (χ3n) is 2.23. The number of rotatable bonds is 3. The molecule has 1 aromatic rings. The molecule has 15 heavy (non-hydrogen) atoms. The minimum Gasteiger partial charge on any atom is -0.380 e. The molecule has 0 fully saturated rings. The standard InChI is InChI=1S/C14H23N/c1-13(2,3)11-14(4,5)15-12-9-7-6-8-10-12/h6-10,15H,11H2,1-5H3. The molecule has 0 atom stereocenters. The second-order valence-electron chi connectivity index (χ2n) is 6.11. The Morgan fingerprint density at radius 3 is 1.93 bits per heavy atom. The number of benzene rings is 1. The first-order valence-electron chi connectivity index (χ1n) is 5.62. The molecule has 0 saturated carbocycles. The van der Waals surface area contributed by atoms with Gasteiger partial charge in [0, 0.05) is 11.2 Å². The molecule has 0 bridgehead atoms. The summed E-state index contributed by atoms with van der Waals surface area (Å²) in [6, 6.07) is 10.4. The van der Waals surface area contributed by atoms with Crippen LogP contribution in [0.3, 0.4) is 0 Å². The topological polar surface area (TPSA) is 12.0 Å². The zero-order valence-corrected chi connectivity index (χ0v) is 10.6. The fourth-order valence-corrected chi connectivity index (χ4v) is 2.28. The van der Waals surface area contributed by atoms with E-state index in [0.29, 0.717) is 5.41 Å². The highest BCUT2D eigenvalue weighted by atomic mass is 15.0.